The third kappa shape index (κ3) is 5.91. The minimum absolute atomic E-state index is 0.773. The molecule has 0 unspecified atom stereocenters. The third-order valence-electron chi connectivity index (χ3n) is 4.55. The maximum Gasteiger partial charge on any atom is 0.140 e. The lowest BCUT2D eigenvalue weighted by Crippen LogP contribution is -2.35. The van der Waals surface area contributed by atoms with Crippen LogP contribution in [0.1, 0.15) is 70.1 Å². The number of aryl methyl sites for hydroxylation is 2. The summed E-state index contributed by atoms with van der Waals surface area (Å²) in [6, 6.07) is 6.71. The molecule has 3 heteroatoms. The van der Waals surface area contributed by atoms with E-state index in [1.165, 1.54) is 36.8 Å². The molecule has 0 aromatic heterocycles. The number of nitrogens with zero attached hydrogens (tertiary/aromatic N) is 2. The van der Waals surface area contributed by atoms with E-state index < -0.39 is 0 Å². The molecular weight excluding hydrogens is 336 g/mol. The van der Waals surface area contributed by atoms with Crippen molar-refractivity contribution < 1.29 is 0 Å². The molecule has 0 saturated heterocycles. The highest BCUT2D eigenvalue weighted by atomic mass is 32.1. The summed E-state index contributed by atoms with van der Waals surface area (Å²) in [5.74, 6) is 0.890. The van der Waals surface area contributed by atoms with E-state index in [1.54, 1.807) is 0 Å². The summed E-state index contributed by atoms with van der Waals surface area (Å²) in [6.07, 6.45) is 8.25. The van der Waals surface area contributed by atoms with Crippen LogP contribution in [-0.2, 0) is 6.42 Å². The number of aliphatic imine (C=N–C) groups is 1. The lowest BCUT2D eigenvalue weighted by molar-refractivity contribution is 0.666. The van der Waals surface area contributed by atoms with Gasteiger partial charge in [0.05, 0.1) is 4.99 Å². The van der Waals surface area contributed by atoms with Crippen LogP contribution in [0.5, 0.6) is 0 Å². The first kappa shape index (κ1) is 22.3. The molecule has 1 aromatic rings. The zero-order chi connectivity index (χ0) is 19.7. The van der Waals surface area contributed by atoms with Crippen LogP contribution in [0.3, 0.4) is 0 Å². The van der Waals surface area contributed by atoms with E-state index in [4.69, 9.17) is 12.2 Å². The molecule has 0 aliphatic carbocycles. The van der Waals surface area contributed by atoms with Crippen LogP contribution in [0.4, 0.5) is 0 Å². The highest BCUT2D eigenvalue weighted by molar-refractivity contribution is 7.80. The van der Waals surface area contributed by atoms with Crippen molar-refractivity contribution in [3.8, 4) is 0 Å². The van der Waals surface area contributed by atoms with Gasteiger partial charge in [0, 0.05) is 18.3 Å². The number of rotatable bonds is 8. The zero-order valence-corrected chi connectivity index (χ0v) is 18.2. The predicted molar refractivity (Wildman–Crippen MR) is 120 cm³/mol. The van der Waals surface area contributed by atoms with Crippen molar-refractivity contribution in [3.05, 3.63) is 58.8 Å². The molecule has 26 heavy (non-hydrogen) atoms. The number of amidine groups is 1. The predicted octanol–water partition coefficient (Wildman–Crippen LogP) is 6.62. The second kappa shape index (κ2) is 11.1. The maximum atomic E-state index is 5.56. The molecule has 0 aliphatic rings. The Bertz CT molecular complexity index is 698. The topological polar surface area (TPSA) is 15.6 Å². The number of hydrogen-bond donors (Lipinski definition) is 0. The van der Waals surface area contributed by atoms with E-state index in [0.717, 1.165) is 34.1 Å². The van der Waals surface area contributed by atoms with Crippen molar-refractivity contribution in [1.82, 2.24) is 4.90 Å². The first-order valence-electron chi connectivity index (χ1n) is 9.56. The highest BCUT2D eigenvalue weighted by Crippen LogP contribution is 2.22. The van der Waals surface area contributed by atoms with Crippen molar-refractivity contribution in [1.29, 1.82) is 0 Å². The van der Waals surface area contributed by atoms with Gasteiger partial charge in [-0.25, -0.2) is 0 Å². The van der Waals surface area contributed by atoms with Gasteiger partial charge in [0.2, 0.25) is 0 Å². The van der Waals surface area contributed by atoms with Crippen molar-refractivity contribution in [2.24, 2.45) is 4.99 Å². The highest BCUT2D eigenvalue weighted by Gasteiger charge is 2.21. The summed E-state index contributed by atoms with van der Waals surface area (Å²) in [6.45, 7) is 14.5. The van der Waals surface area contributed by atoms with Gasteiger partial charge in [0.15, 0.2) is 0 Å². The minimum Gasteiger partial charge on any atom is -0.289 e. The number of allylic oxidation sites excluding steroid dienone is 2. The van der Waals surface area contributed by atoms with Gasteiger partial charge in [-0.05, 0) is 63.3 Å². The van der Waals surface area contributed by atoms with Crippen LogP contribution in [0.25, 0.3) is 0 Å². The molecule has 0 amide bonds. The smallest absolute Gasteiger partial charge is 0.140 e. The molecule has 0 fully saturated rings. The van der Waals surface area contributed by atoms with E-state index in [-0.39, 0.29) is 0 Å². The number of benzene rings is 1. The Hall–Kier alpha value is -1.74. The van der Waals surface area contributed by atoms with Gasteiger partial charge in [-0.15, -0.1) is 0 Å². The summed E-state index contributed by atoms with van der Waals surface area (Å²) >= 11 is 5.56. The Morgan fingerprint density at radius 1 is 1.23 bits per heavy atom. The number of hydrogen-bond acceptors (Lipinski definition) is 2. The van der Waals surface area contributed by atoms with Gasteiger partial charge in [-0.2, -0.15) is 0 Å². The Kier molecular flexibility index (Phi) is 9.50. The fourth-order valence-corrected chi connectivity index (χ4v) is 3.35. The van der Waals surface area contributed by atoms with Crippen LogP contribution in [-0.4, -0.2) is 22.8 Å². The van der Waals surface area contributed by atoms with E-state index in [1.807, 2.05) is 38.8 Å². The van der Waals surface area contributed by atoms with Crippen LogP contribution in [0, 0.1) is 6.92 Å². The molecule has 0 spiro atoms. The maximum absolute atomic E-state index is 5.56. The summed E-state index contributed by atoms with van der Waals surface area (Å²) < 4.78 is 0. The van der Waals surface area contributed by atoms with Gasteiger partial charge < -0.3 is 0 Å². The van der Waals surface area contributed by atoms with Crippen molar-refractivity contribution in [2.75, 3.05) is 7.05 Å². The molecule has 1 aromatic carbocycles. The quantitative estimate of drug-likeness (QED) is 0.168. The molecule has 0 N–H and O–H groups in total. The van der Waals surface area contributed by atoms with Gasteiger partial charge in [0.25, 0.3) is 0 Å². The molecule has 1 rings (SSSR count). The molecule has 0 atom stereocenters. The first-order valence-corrected chi connectivity index (χ1v) is 9.97. The van der Waals surface area contributed by atoms with Gasteiger partial charge in [-0.3, -0.25) is 9.89 Å². The largest absolute Gasteiger partial charge is 0.289 e. The lowest BCUT2D eigenvalue weighted by atomic mass is 9.99. The Morgan fingerprint density at radius 3 is 2.42 bits per heavy atom. The average molecular weight is 371 g/mol. The monoisotopic (exact) mass is 370 g/mol. The molecule has 0 aliphatic heterocycles. The van der Waals surface area contributed by atoms with Crippen molar-refractivity contribution >= 4 is 23.0 Å². The van der Waals surface area contributed by atoms with Crippen LogP contribution in [0.2, 0.25) is 0 Å². The summed E-state index contributed by atoms with van der Waals surface area (Å²) in [7, 11) is 1.83. The van der Waals surface area contributed by atoms with E-state index in [9.17, 15) is 0 Å². The third-order valence-corrected chi connectivity index (χ3v) is 4.73. The zero-order valence-electron chi connectivity index (χ0n) is 17.4. The summed E-state index contributed by atoms with van der Waals surface area (Å²) in [5.41, 5.74) is 5.70. The van der Waals surface area contributed by atoms with Gasteiger partial charge in [-0.1, -0.05) is 63.2 Å². The first-order chi connectivity index (χ1) is 12.4. The summed E-state index contributed by atoms with van der Waals surface area (Å²) in [5, 5.41) is 0. The number of thiocarbonyl (C=S) groups is 1. The van der Waals surface area contributed by atoms with Gasteiger partial charge in [0.1, 0.15) is 5.84 Å². The van der Waals surface area contributed by atoms with E-state index in [0.29, 0.717) is 0 Å². The molecule has 142 valence electrons. The van der Waals surface area contributed by atoms with E-state index in [2.05, 4.69) is 43.6 Å². The van der Waals surface area contributed by atoms with Crippen LogP contribution in [0.15, 0.2) is 47.1 Å². The molecule has 0 bridgehead atoms. The minimum atomic E-state index is 0.773. The molecular formula is C23H34N2S. The second-order valence-corrected chi connectivity index (χ2v) is 7.41. The molecule has 0 radical (unpaired) electrons. The van der Waals surface area contributed by atoms with Gasteiger partial charge >= 0.3 is 0 Å². The molecule has 2 nitrogen and oxygen atoms in total. The number of unbranched alkanes of at least 4 members (excludes halogenated alkanes) is 3. The second-order valence-electron chi connectivity index (χ2n) is 6.82. The van der Waals surface area contributed by atoms with Crippen molar-refractivity contribution in [3.63, 3.8) is 0 Å². The lowest BCUT2D eigenvalue weighted by Gasteiger charge is -2.29. The van der Waals surface area contributed by atoms with E-state index >= 15 is 0 Å². The fraction of sp³-hybridized carbons (Fsp3) is 0.478. The normalized spacial score (nSPS) is 12.2. The molecule has 0 heterocycles. The average Bonchev–Trinajstić information content (AvgIpc) is 2.60. The van der Waals surface area contributed by atoms with Crippen molar-refractivity contribution in [2.45, 2.75) is 66.7 Å². The molecule has 0 saturated carbocycles. The Balaban J connectivity index is 3.26. The SMILES string of the molecule is C=C(C)/C(=C\C)N(C(C)=S)C(=NC)c1cc(CCCCCC)ccc1C. The fourth-order valence-electron chi connectivity index (χ4n) is 3.16. The summed E-state index contributed by atoms with van der Waals surface area (Å²) in [4.78, 5) is 7.43. The Labute approximate surface area is 165 Å². The standard InChI is InChI=1S/C23H34N2S/c1-8-10-11-12-13-20-15-14-18(5)21(16-20)23(24-7)25(19(6)26)22(9-2)17(3)4/h9,14-16H,3,8,10-13H2,1-2,4-7H3/b22-9+,24-23?. The van der Waals surface area contributed by atoms with Crippen LogP contribution >= 0.6 is 12.2 Å². The van der Waals surface area contributed by atoms with Crippen LogP contribution < -0.4 is 0 Å². The Morgan fingerprint density at radius 2 is 1.92 bits per heavy atom.